The van der Waals surface area contributed by atoms with Gasteiger partial charge in [0.05, 0.1) is 11.0 Å². The molecule has 2 heteroatoms. The molecule has 6 aromatic carbocycles. The van der Waals surface area contributed by atoms with Crippen molar-refractivity contribution in [2.24, 2.45) is 0 Å². The summed E-state index contributed by atoms with van der Waals surface area (Å²) in [6.45, 7) is 0. The van der Waals surface area contributed by atoms with Gasteiger partial charge in [-0.25, -0.2) is 0 Å². The molecule has 0 aliphatic rings. The van der Waals surface area contributed by atoms with E-state index in [9.17, 15) is 0 Å². The number of hydrogen-bond donors (Lipinski definition) is 0. The van der Waals surface area contributed by atoms with Crippen LogP contribution in [0.5, 0.6) is 0 Å². The summed E-state index contributed by atoms with van der Waals surface area (Å²) in [6.07, 6.45) is 0. The number of para-hydroxylation sites is 2. The van der Waals surface area contributed by atoms with E-state index >= 15 is 0 Å². The van der Waals surface area contributed by atoms with E-state index in [0.29, 0.717) is 0 Å². The largest absolute Gasteiger partial charge is 0.309 e. The van der Waals surface area contributed by atoms with E-state index in [4.69, 9.17) is 0 Å². The molecule has 38 heavy (non-hydrogen) atoms. The highest BCUT2D eigenvalue weighted by molar-refractivity contribution is 9.10. The van der Waals surface area contributed by atoms with Crippen LogP contribution >= 0.6 is 15.9 Å². The minimum Gasteiger partial charge on any atom is -0.309 e. The van der Waals surface area contributed by atoms with Gasteiger partial charge in [-0.1, -0.05) is 107 Å². The monoisotopic (exact) mass is 549 g/mol. The van der Waals surface area contributed by atoms with Crippen LogP contribution in [-0.2, 0) is 0 Å². The van der Waals surface area contributed by atoms with Crippen LogP contribution in [0.15, 0.2) is 150 Å². The summed E-state index contributed by atoms with van der Waals surface area (Å²) in [7, 11) is 0. The summed E-state index contributed by atoms with van der Waals surface area (Å²) in [4.78, 5) is 0. The fourth-order valence-corrected chi connectivity index (χ4v) is 5.93. The molecule has 0 aliphatic carbocycles. The van der Waals surface area contributed by atoms with Crippen LogP contribution in [-0.4, -0.2) is 4.57 Å². The fraction of sp³-hybridized carbons (Fsp3) is 0. The zero-order valence-corrected chi connectivity index (χ0v) is 22.3. The molecule has 0 amide bonds. The quantitative estimate of drug-likeness (QED) is 0.205. The zero-order valence-electron chi connectivity index (χ0n) is 20.7. The molecule has 0 bridgehead atoms. The summed E-state index contributed by atoms with van der Waals surface area (Å²) in [6, 6.07) is 52.2. The topological polar surface area (TPSA) is 4.93 Å². The second kappa shape index (κ2) is 9.48. The van der Waals surface area contributed by atoms with E-state index in [-0.39, 0.29) is 0 Å². The van der Waals surface area contributed by atoms with Crippen LogP contribution in [0.1, 0.15) is 0 Å². The number of benzene rings is 6. The second-order valence-corrected chi connectivity index (χ2v) is 10.5. The lowest BCUT2D eigenvalue weighted by molar-refractivity contribution is 1.18. The lowest BCUT2D eigenvalue weighted by Gasteiger charge is -2.10. The van der Waals surface area contributed by atoms with E-state index in [1.807, 2.05) is 0 Å². The molecule has 7 aromatic rings. The zero-order chi connectivity index (χ0) is 25.5. The van der Waals surface area contributed by atoms with Gasteiger partial charge < -0.3 is 4.57 Å². The Morgan fingerprint density at radius 1 is 0.368 bits per heavy atom. The molecule has 0 unspecified atom stereocenters. The van der Waals surface area contributed by atoms with Crippen molar-refractivity contribution in [3.63, 3.8) is 0 Å². The smallest absolute Gasteiger partial charge is 0.0541 e. The van der Waals surface area contributed by atoms with Crippen molar-refractivity contribution >= 4 is 37.7 Å². The Bertz CT molecular complexity index is 1920. The molecule has 0 saturated carbocycles. The lowest BCUT2D eigenvalue weighted by Crippen LogP contribution is -1.92. The Morgan fingerprint density at radius 2 is 0.921 bits per heavy atom. The average molecular weight is 550 g/mol. The van der Waals surface area contributed by atoms with Gasteiger partial charge in [-0.05, 0) is 88.0 Å². The predicted molar refractivity (Wildman–Crippen MR) is 165 cm³/mol. The standard InChI is InChI=1S/C36H24BrN/c37-31-22-29(25-10-3-1-4-11-25)21-30(23-31)27-13-9-12-26(20-27)28-18-19-36-34(24-28)33-16-7-8-17-35(33)38(36)32-14-5-2-6-15-32/h1-24H. The second-order valence-electron chi connectivity index (χ2n) is 9.60. The van der Waals surface area contributed by atoms with Gasteiger partial charge in [0, 0.05) is 20.9 Å². The lowest BCUT2D eigenvalue weighted by atomic mass is 9.96. The Hall–Kier alpha value is -4.40. The number of aromatic nitrogens is 1. The van der Waals surface area contributed by atoms with E-state index in [2.05, 4.69) is 166 Å². The Labute approximate surface area is 230 Å². The Kier molecular flexibility index (Phi) is 5.68. The maximum atomic E-state index is 3.74. The van der Waals surface area contributed by atoms with E-state index in [1.165, 1.54) is 60.9 Å². The van der Waals surface area contributed by atoms with Crippen molar-refractivity contribution in [2.75, 3.05) is 0 Å². The number of hydrogen-bond acceptors (Lipinski definition) is 0. The van der Waals surface area contributed by atoms with Gasteiger partial charge in [0.1, 0.15) is 0 Å². The first-order valence-corrected chi connectivity index (χ1v) is 13.6. The van der Waals surface area contributed by atoms with Crippen molar-refractivity contribution < 1.29 is 0 Å². The molecular formula is C36H24BrN. The average Bonchev–Trinajstić information content (AvgIpc) is 3.31. The maximum absolute atomic E-state index is 3.74. The third kappa shape index (κ3) is 4.04. The molecule has 0 radical (unpaired) electrons. The molecule has 7 rings (SSSR count). The van der Waals surface area contributed by atoms with Gasteiger partial charge in [-0.3, -0.25) is 0 Å². The van der Waals surface area contributed by atoms with Crippen LogP contribution in [0, 0.1) is 0 Å². The number of halogens is 1. The van der Waals surface area contributed by atoms with Crippen LogP contribution in [0.2, 0.25) is 0 Å². The minimum absolute atomic E-state index is 1.08. The predicted octanol–water partition coefficient (Wildman–Crippen LogP) is 10.5. The highest BCUT2D eigenvalue weighted by Crippen LogP contribution is 2.36. The summed E-state index contributed by atoms with van der Waals surface area (Å²) in [5.41, 5.74) is 10.9. The van der Waals surface area contributed by atoms with Gasteiger partial charge in [-0.15, -0.1) is 0 Å². The molecule has 1 aromatic heterocycles. The number of nitrogens with zero attached hydrogens (tertiary/aromatic N) is 1. The Balaban J connectivity index is 1.35. The van der Waals surface area contributed by atoms with Crippen molar-refractivity contribution in [2.45, 2.75) is 0 Å². The molecule has 1 nitrogen and oxygen atoms in total. The summed E-state index contributed by atoms with van der Waals surface area (Å²) < 4.78 is 3.44. The van der Waals surface area contributed by atoms with E-state index in [1.54, 1.807) is 0 Å². The molecule has 0 atom stereocenters. The SMILES string of the molecule is Brc1cc(-c2ccccc2)cc(-c2cccc(-c3ccc4c(c3)c3ccccc3n4-c3ccccc3)c2)c1. The molecule has 180 valence electrons. The molecular weight excluding hydrogens is 526 g/mol. The van der Waals surface area contributed by atoms with E-state index in [0.717, 1.165) is 4.47 Å². The molecule has 0 saturated heterocycles. The minimum atomic E-state index is 1.08. The van der Waals surface area contributed by atoms with Crippen LogP contribution < -0.4 is 0 Å². The molecule has 0 fully saturated rings. The van der Waals surface area contributed by atoms with Crippen LogP contribution in [0.3, 0.4) is 0 Å². The van der Waals surface area contributed by atoms with Gasteiger partial charge in [0.25, 0.3) is 0 Å². The first-order chi connectivity index (χ1) is 18.7. The fourth-order valence-electron chi connectivity index (χ4n) is 5.44. The summed E-state index contributed by atoms with van der Waals surface area (Å²) in [5.74, 6) is 0. The van der Waals surface area contributed by atoms with Crippen LogP contribution in [0.4, 0.5) is 0 Å². The third-order valence-electron chi connectivity index (χ3n) is 7.22. The van der Waals surface area contributed by atoms with Crippen LogP contribution in [0.25, 0.3) is 60.9 Å². The number of fused-ring (bicyclic) bond motifs is 3. The van der Waals surface area contributed by atoms with Gasteiger partial charge in [0.2, 0.25) is 0 Å². The normalized spacial score (nSPS) is 11.3. The Morgan fingerprint density at radius 3 is 1.71 bits per heavy atom. The molecule has 0 spiro atoms. The third-order valence-corrected chi connectivity index (χ3v) is 7.68. The number of rotatable bonds is 4. The van der Waals surface area contributed by atoms with Gasteiger partial charge in [-0.2, -0.15) is 0 Å². The maximum Gasteiger partial charge on any atom is 0.0541 e. The van der Waals surface area contributed by atoms with Gasteiger partial charge >= 0.3 is 0 Å². The van der Waals surface area contributed by atoms with Gasteiger partial charge in [0.15, 0.2) is 0 Å². The van der Waals surface area contributed by atoms with E-state index < -0.39 is 0 Å². The van der Waals surface area contributed by atoms with Crippen molar-refractivity contribution in [3.05, 3.63) is 150 Å². The summed E-state index contributed by atoms with van der Waals surface area (Å²) in [5, 5.41) is 2.53. The first kappa shape index (κ1) is 22.8. The first-order valence-electron chi connectivity index (χ1n) is 12.8. The molecule has 0 N–H and O–H groups in total. The van der Waals surface area contributed by atoms with Crippen molar-refractivity contribution in [1.29, 1.82) is 0 Å². The van der Waals surface area contributed by atoms with Crippen molar-refractivity contribution in [3.8, 4) is 39.1 Å². The molecule has 1 heterocycles. The highest BCUT2D eigenvalue weighted by Gasteiger charge is 2.13. The molecule has 0 aliphatic heterocycles. The summed E-state index contributed by atoms with van der Waals surface area (Å²) >= 11 is 3.74. The highest BCUT2D eigenvalue weighted by atomic mass is 79.9. The van der Waals surface area contributed by atoms with Crippen molar-refractivity contribution in [1.82, 2.24) is 4.57 Å².